The summed E-state index contributed by atoms with van der Waals surface area (Å²) in [6, 6.07) is 21.4. The Balaban J connectivity index is 1.43. The van der Waals surface area contributed by atoms with E-state index in [0.717, 1.165) is 22.1 Å². The fourth-order valence-electron chi connectivity index (χ4n) is 4.53. The second-order valence-corrected chi connectivity index (χ2v) is 8.67. The number of fused-ring (bicyclic) bond motifs is 1. The molecular weight excluding hydrogens is 434 g/mol. The normalized spacial score (nSPS) is 19.3. The fourth-order valence-corrected chi connectivity index (χ4v) is 4.53. The van der Waals surface area contributed by atoms with Gasteiger partial charge in [-0.15, -0.1) is 0 Å². The van der Waals surface area contributed by atoms with E-state index in [1.807, 2.05) is 73.7 Å². The van der Waals surface area contributed by atoms with Gasteiger partial charge < -0.3 is 19.8 Å². The summed E-state index contributed by atoms with van der Waals surface area (Å²) in [5.74, 6) is -4.30. The molecule has 0 bridgehead atoms. The number of carbonyl (C=O) groups is 3. The van der Waals surface area contributed by atoms with E-state index < -0.39 is 29.7 Å². The van der Waals surface area contributed by atoms with Crippen LogP contribution in [0.4, 0.5) is 0 Å². The highest BCUT2D eigenvalue weighted by atomic mass is 16.5. The molecule has 0 heterocycles. The Morgan fingerprint density at radius 2 is 1.56 bits per heavy atom. The van der Waals surface area contributed by atoms with E-state index in [-0.39, 0.29) is 12.3 Å². The predicted molar refractivity (Wildman–Crippen MR) is 127 cm³/mol. The zero-order chi connectivity index (χ0) is 24.2. The van der Waals surface area contributed by atoms with Gasteiger partial charge in [0.25, 0.3) is 0 Å². The SMILES string of the molecule is CCCN(Cc1ccc(Oc2ccc3ccccc3c2)cc1)C(=O)C1CC(C(=O)O)C1C(=O)O. The van der Waals surface area contributed by atoms with Gasteiger partial charge in [-0.1, -0.05) is 49.4 Å². The van der Waals surface area contributed by atoms with Gasteiger partial charge in [0.05, 0.1) is 17.8 Å². The third-order valence-electron chi connectivity index (χ3n) is 6.35. The van der Waals surface area contributed by atoms with Gasteiger partial charge in [0.2, 0.25) is 5.91 Å². The van der Waals surface area contributed by atoms with Gasteiger partial charge in [0.1, 0.15) is 11.5 Å². The number of nitrogens with zero attached hydrogens (tertiary/aromatic N) is 1. The fraction of sp³-hybridized carbons (Fsp3) is 0.296. The Morgan fingerprint density at radius 3 is 2.21 bits per heavy atom. The molecule has 3 aromatic rings. The lowest BCUT2D eigenvalue weighted by atomic mass is 9.64. The lowest BCUT2D eigenvalue weighted by Crippen LogP contribution is -2.53. The Bertz CT molecular complexity index is 1210. The summed E-state index contributed by atoms with van der Waals surface area (Å²) in [4.78, 5) is 37.5. The van der Waals surface area contributed by atoms with E-state index in [9.17, 15) is 24.6 Å². The molecule has 1 fully saturated rings. The molecule has 0 aromatic heterocycles. The Morgan fingerprint density at radius 1 is 0.882 bits per heavy atom. The van der Waals surface area contributed by atoms with Crippen LogP contribution in [0.25, 0.3) is 10.8 Å². The van der Waals surface area contributed by atoms with E-state index >= 15 is 0 Å². The van der Waals surface area contributed by atoms with Crippen LogP contribution in [0.2, 0.25) is 0 Å². The summed E-state index contributed by atoms with van der Waals surface area (Å²) in [5.41, 5.74) is 0.883. The minimum Gasteiger partial charge on any atom is -0.481 e. The molecular formula is C27H27NO6. The average molecular weight is 462 g/mol. The first-order valence-corrected chi connectivity index (χ1v) is 11.4. The van der Waals surface area contributed by atoms with Gasteiger partial charge in [0.15, 0.2) is 0 Å². The zero-order valence-corrected chi connectivity index (χ0v) is 18.9. The van der Waals surface area contributed by atoms with E-state index in [2.05, 4.69) is 0 Å². The van der Waals surface area contributed by atoms with Crippen LogP contribution in [0.1, 0.15) is 25.3 Å². The van der Waals surface area contributed by atoms with Crippen LogP contribution in [0.15, 0.2) is 66.7 Å². The molecule has 7 heteroatoms. The quantitative estimate of drug-likeness (QED) is 0.475. The van der Waals surface area contributed by atoms with Crippen LogP contribution < -0.4 is 4.74 Å². The predicted octanol–water partition coefficient (Wildman–Crippen LogP) is 4.79. The van der Waals surface area contributed by atoms with Crippen LogP contribution in [0, 0.1) is 17.8 Å². The number of carboxylic acids is 2. The van der Waals surface area contributed by atoms with Crippen molar-refractivity contribution >= 4 is 28.6 Å². The first-order valence-electron chi connectivity index (χ1n) is 11.4. The van der Waals surface area contributed by atoms with Gasteiger partial charge in [-0.25, -0.2) is 0 Å². The largest absolute Gasteiger partial charge is 0.481 e. The van der Waals surface area contributed by atoms with E-state index in [1.54, 1.807) is 4.90 Å². The Labute approximate surface area is 197 Å². The maximum atomic E-state index is 13.1. The third kappa shape index (κ3) is 4.88. The first kappa shape index (κ1) is 23.3. The molecule has 0 radical (unpaired) electrons. The van der Waals surface area contributed by atoms with Crippen molar-refractivity contribution in [2.24, 2.45) is 17.8 Å². The number of benzene rings is 3. The first-order chi connectivity index (χ1) is 16.4. The van der Waals surface area contributed by atoms with E-state index in [4.69, 9.17) is 4.74 Å². The highest BCUT2D eigenvalue weighted by molar-refractivity contribution is 5.91. The smallest absolute Gasteiger partial charge is 0.308 e. The van der Waals surface area contributed by atoms with Gasteiger partial charge in [-0.2, -0.15) is 0 Å². The minimum atomic E-state index is -1.23. The third-order valence-corrected chi connectivity index (χ3v) is 6.35. The summed E-state index contributed by atoms with van der Waals surface area (Å²) in [5, 5.41) is 20.9. The summed E-state index contributed by atoms with van der Waals surface area (Å²) >= 11 is 0. The minimum absolute atomic E-state index is 0.0594. The number of aliphatic carboxylic acids is 2. The molecule has 3 aromatic carbocycles. The van der Waals surface area contributed by atoms with Crippen LogP contribution >= 0.6 is 0 Å². The topological polar surface area (TPSA) is 104 Å². The molecule has 1 aliphatic carbocycles. The molecule has 0 aliphatic heterocycles. The summed E-state index contributed by atoms with van der Waals surface area (Å²) in [7, 11) is 0. The van der Waals surface area contributed by atoms with Crippen molar-refractivity contribution in [2.45, 2.75) is 26.3 Å². The highest BCUT2D eigenvalue weighted by Gasteiger charge is 2.54. The average Bonchev–Trinajstić information content (AvgIpc) is 2.78. The second kappa shape index (κ2) is 9.95. The molecule has 0 spiro atoms. The van der Waals surface area contributed by atoms with Crippen molar-refractivity contribution in [3.05, 3.63) is 72.3 Å². The summed E-state index contributed by atoms with van der Waals surface area (Å²) in [6.45, 7) is 2.73. The number of amides is 1. The molecule has 1 aliphatic rings. The Kier molecular flexibility index (Phi) is 6.82. The zero-order valence-electron chi connectivity index (χ0n) is 18.9. The van der Waals surface area contributed by atoms with Crippen molar-refractivity contribution in [2.75, 3.05) is 6.54 Å². The molecule has 0 saturated heterocycles. The highest BCUT2D eigenvalue weighted by Crippen LogP contribution is 2.42. The maximum Gasteiger partial charge on any atom is 0.308 e. The van der Waals surface area contributed by atoms with Gasteiger partial charge in [0, 0.05) is 13.1 Å². The molecule has 4 rings (SSSR count). The molecule has 3 unspecified atom stereocenters. The van der Waals surface area contributed by atoms with Gasteiger partial charge in [-0.3, -0.25) is 14.4 Å². The number of carboxylic acid groups (broad SMARTS) is 2. The van der Waals surface area contributed by atoms with Crippen molar-refractivity contribution < 1.29 is 29.3 Å². The van der Waals surface area contributed by atoms with Crippen LogP contribution in [-0.2, 0) is 20.9 Å². The number of carbonyl (C=O) groups excluding carboxylic acids is 1. The van der Waals surface area contributed by atoms with E-state index in [0.29, 0.717) is 25.3 Å². The van der Waals surface area contributed by atoms with Gasteiger partial charge >= 0.3 is 11.9 Å². The maximum absolute atomic E-state index is 13.1. The molecule has 1 saturated carbocycles. The van der Waals surface area contributed by atoms with Gasteiger partial charge in [-0.05, 0) is 53.4 Å². The Hall–Kier alpha value is -3.87. The van der Waals surface area contributed by atoms with Crippen LogP contribution in [0.5, 0.6) is 11.5 Å². The lowest BCUT2D eigenvalue weighted by molar-refractivity contribution is -0.172. The molecule has 7 nitrogen and oxygen atoms in total. The van der Waals surface area contributed by atoms with Crippen LogP contribution in [0.3, 0.4) is 0 Å². The van der Waals surface area contributed by atoms with Crippen LogP contribution in [-0.4, -0.2) is 39.5 Å². The monoisotopic (exact) mass is 461 g/mol. The van der Waals surface area contributed by atoms with Crippen molar-refractivity contribution in [1.82, 2.24) is 4.90 Å². The molecule has 2 N–H and O–H groups in total. The van der Waals surface area contributed by atoms with Crippen molar-refractivity contribution in [3.8, 4) is 11.5 Å². The summed E-state index contributed by atoms with van der Waals surface area (Å²) < 4.78 is 5.98. The standard InChI is InChI=1S/C27H27NO6/c1-2-13-28(25(29)22-15-23(26(30)31)24(22)27(32)33)16-17-7-10-20(11-8-17)34-21-12-9-18-5-3-4-6-19(18)14-21/h3-12,14,22-24H,2,13,15-16H2,1H3,(H,30,31)(H,32,33). The molecule has 1 amide bonds. The lowest BCUT2D eigenvalue weighted by Gasteiger charge is -2.40. The second-order valence-electron chi connectivity index (χ2n) is 8.67. The number of hydrogen-bond donors (Lipinski definition) is 2. The number of rotatable bonds is 9. The molecule has 3 atom stereocenters. The summed E-state index contributed by atoms with van der Waals surface area (Å²) in [6.07, 6.45) is 0.769. The number of hydrogen-bond acceptors (Lipinski definition) is 4. The van der Waals surface area contributed by atoms with E-state index in [1.165, 1.54) is 0 Å². The number of ether oxygens (including phenoxy) is 1. The van der Waals surface area contributed by atoms with Crippen molar-refractivity contribution in [1.29, 1.82) is 0 Å². The molecule has 176 valence electrons. The molecule has 34 heavy (non-hydrogen) atoms. The van der Waals surface area contributed by atoms with Crippen molar-refractivity contribution in [3.63, 3.8) is 0 Å².